The molecule has 6 heteroatoms. The number of hydrogen-bond acceptors (Lipinski definition) is 3. The fourth-order valence-corrected chi connectivity index (χ4v) is 2.98. The van der Waals surface area contributed by atoms with Crippen LogP contribution in [0, 0.1) is 5.82 Å². The largest absolute Gasteiger partial charge is 0.399 e. The average molecular weight is 281 g/mol. The molecule has 0 fully saturated rings. The van der Waals surface area contributed by atoms with Crippen LogP contribution in [0.3, 0.4) is 0 Å². The van der Waals surface area contributed by atoms with Gasteiger partial charge >= 0.3 is 0 Å². The number of rotatable bonds is 4. The fraction of sp³-hybridized carbons (Fsp3) is 0.308. The second kappa shape index (κ2) is 5.52. The zero-order valence-electron chi connectivity index (χ0n) is 10.9. The highest BCUT2D eigenvalue weighted by Gasteiger charge is 2.13. The van der Waals surface area contributed by atoms with Gasteiger partial charge in [0.05, 0.1) is 32.8 Å². The van der Waals surface area contributed by atoms with Crippen LogP contribution < -0.4 is 5.73 Å². The summed E-state index contributed by atoms with van der Waals surface area (Å²) in [5.41, 5.74) is 7.56. The van der Waals surface area contributed by atoms with Gasteiger partial charge in [-0.25, -0.2) is 4.39 Å². The Morgan fingerprint density at radius 3 is 2.74 bits per heavy atom. The molecule has 0 amide bonds. The molecule has 0 spiro atoms. The zero-order chi connectivity index (χ0) is 14.0. The van der Waals surface area contributed by atoms with Gasteiger partial charge in [0.1, 0.15) is 5.82 Å². The van der Waals surface area contributed by atoms with Crippen LogP contribution in [0.25, 0.3) is 0 Å². The standard InChI is InChI=1S/C13H16FN3OS/c1-3-10-7-11(17(2)16-10)8-19(18)13-5-4-9(15)6-12(13)14/h4-7H,3,8,15H2,1-2H3. The second-order valence-electron chi connectivity index (χ2n) is 4.28. The molecule has 102 valence electrons. The van der Waals surface area contributed by atoms with E-state index in [-0.39, 0.29) is 10.6 Å². The first-order valence-electron chi connectivity index (χ1n) is 5.96. The maximum atomic E-state index is 13.7. The van der Waals surface area contributed by atoms with Gasteiger partial charge in [-0.15, -0.1) is 0 Å². The van der Waals surface area contributed by atoms with Gasteiger partial charge in [-0.3, -0.25) is 8.89 Å². The normalized spacial score (nSPS) is 12.6. The van der Waals surface area contributed by atoms with Gasteiger partial charge in [0.2, 0.25) is 0 Å². The number of anilines is 1. The van der Waals surface area contributed by atoms with Crippen molar-refractivity contribution in [3.05, 3.63) is 41.5 Å². The van der Waals surface area contributed by atoms with Crippen molar-refractivity contribution in [2.24, 2.45) is 7.05 Å². The Balaban J connectivity index is 2.23. The number of nitrogens with two attached hydrogens (primary N) is 1. The van der Waals surface area contributed by atoms with Gasteiger partial charge in [0.25, 0.3) is 0 Å². The molecule has 1 aromatic carbocycles. The Hall–Kier alpha value is -1.69. The minimum absolute atomic E-state index is 0.174. The highest BCUT2D eigenvalue weighted by molar-refractivity contribution is 7.84. The topological polar surface area (TPSA) is 60.9 Å². The Morgan fingerprint density at radius 1 is 1.42 bits per heavy atom. The lowest BCUT2D eigenvalue weighted by atomic mass is 10.3. The molecule has 2 aromatic rings. The molecule has 0 saturated carbocycles. The van der Waals surface area contributed by atoms with Crippen LogP contribution in [-0.2, 0) is 30.0 Å². The maximum absolute atomic E-state index is 13.7. The van der Waals surface area contributed by atoms with E-state index in [2.05, 4.69) is 5.10 Å². The van der Waals surface area contributed by atoms with E-state index < -0.39 is 16.6 Å². The van der Waals surface area contributed by atoms with Crippen LogP contribution in [-0.4, -0.2) is 14.0 Å². The number of halogens is 1. The highest BCUT2D eigenvalue weighted by atomic mass is 32.2. The third-order valence-corrected chi connectivity index (χ3v) is 4.25. The molecule has 1 heterocycles. The van der Waals surface area contributed by atoms with Crippen LogP contribution in [0.1, 0.15) is 18.3 Å². The monoisotopic (exact) mass is 281 g/mol. The molecule has 2 N–H and O–H groups in total. The predicted octanol–water partition coefficient (Wildman–Crippen LogP) is 2.01. The van der Waals surface area contributed by atoms with Gasteiger partial charge in [-0.2, -0.15) is 5.10 Å². The molecule has 1 aromatic heterocycles. The van der Waals surface area contributed by atoms with Gasteiger partial charge in [0, 0.05) is 12.7 Å². The van der Waals surface area contributed by atoms with Crippen molar-refractivity contribution in [1.29, 1.82) is 0 Å². The SMILES string of the molecule is CCc1cc(CS(=O)c2ccc(N)cc2F)n(C)n1. The van der Waals surface area contributed by atoms with E-state index >= 15 is 0 Å². The van der Waals surface area contributed by atoms with E-state index in [4.69, 9.17) is 5.73 Å². The van der Waals surface area contributed by atoms with Gasteiger partial charge in [-0.05, 0) is 30.7 Å². The van der Waals surface area contributed by atoms with E-state index in [1.165, 1.54) is 12.1 Å². The summed E-state index contributed by atoms with van der Waals surface area (Å²) in [4.78, 5) is 0.174. The fourth-order valence-electron chi connectivity index (χ4n) is 1.79. The molecular formula is C13H16FN3OS. The molecule has 0 aliphatic heterocycles. The smallest absolute Gasteiger partial charge is 0.141 e. The van der Waals surface area contributed by atoms with Gasteiger partial charge < -0.3 is 5.73 Å². The molecule has 4 nitrogen and oxygen atoms in total. The van der Waals surface area contributed by atoms with E-state index in [1.807, 2.05) is 13.0 Å². The summed E-state index contributed by atoms with van der Waals surface area (Å²) in [6.07, 6.45) is 0.816. The average Bonchev–Trinajstić information content (AvgIpc) is 2.70. The summed E-state index contributed by atoms with van der Waals surface area (Å²) in [6.45, 7) is 2.00. The van der Waals surface area contributed by atoms with Crippen LogP contribution in [0.5, 0.6) is 0 Å². The van der Waals surface area contributed by atoms with E-state index in [1.54, 1.807) is 17.8 Å². The molecule has 0 aliphatic rings. The van der Waals surface area contributed by atoms with Crippen molar-refractivity contribution in [3.63, 3.8) is 0 Å². The number of nitrogen functional groups attached to an aromatic ring is 1. The van der Waals surface area contributed by atoms with E-state index in [0.29, 0.717) is 5.69 Å². The molecule has 1 atom stereocenters. The molecule has 0 saturated heterocycles. The third-order valence-electron chi connectivity index (χ3n) is 2.87. The molecule has 0 bridgehead atoms. The summed E-state index contributed by atoms with van der Waals surface area (Å²) < 4.78 is 27.6. The first-order chi connectivity index (χ1) is 9.01. The molecule has 2 rings (SSSR count). The molecule has 1 unspecified atom stereocenters. The Morgan fingerprint density at radius 2 is 2.16 bits per heavy atom. The maximum Gasteiger partial charge on any atom is 0.141 e. The van der Waals surface area contributed by atoms with Gasteiger partial charge in [0.15, 0.2) is 0 Å². The van der Waals surface area contributed by atoms with Crippen molar-refractivity contribution in [2.75, 3.05) is 5.73 Å². The van der Waals surface area contributed by atoms with Crippen LogP contribution in [0.15, 0.2) is 29.2 Å². The Bertz CT molecular complexity index is 624. The van der Waals surface area contributed by atoms with Crippen molar-refractivity contribution in [3.8, 4) is 0 Å². The minimum atomic E-state index is -1.44. The number of aromatic nitrogens is 2. The first-order valence-corrected chi connectivity index (χ1v) is 7.28. The molecule has 0 radical (unpaired) electrons. The minimum Gasteiger partial charge on any atom is -0.399 e. The third kappa shape index (κ3) is 3.01. The van der Waals surface area contributed by atoms with E-state index in [9.17, 15) is 8.60 Å². The number of nitrogens with zero attached hydrogens (tertiary/aromatic N) is 2. The van der Waals surface area contributed by atoms with Gasteiger partial charge in [-0.1, -0.05) is 6.92 Å². The second-order valence-corrected chi connectivity index (χ2v) is 5.70. The summed E-state index contributed by atoms with van der Waals surface area (Å²) in [7, 11) is 0.352. The van der Waals surface area contributed by atoms with Crippen molar-refractivity contribution in [2.45, 2.75) is 24.0 Å². The lowest BCUT2D eigenvalue weighted by molar-refractivity contribution is 0.595. The van der Waals surface area contributed by atoms with E-state index in [0.717, 1.165) is 17.8 Å². The molecular weight excluding hydrogens is 265 g/mol. The number of hydrogen-bond donors (Lipinski definition) is 1. The number of benzene rings is 1. The van der Waals surface area contributed by atoms with Crippen molar-refractivity contribution in [1.82, 2.24) is 9.78 Å². The highest BCUT2D eigenvalue weighted by Crippen LogP contribution is 2.18. The lowest BCUT2D eigenvalue weighted by Crippen LogP contribution is -2.05. The van der Waals surface area contributed by atoms with Crippen LogP contribution in [0.4, 0.5) is 10.1 Å². The summed E-state index contributed by atoms with van der Waals surface area (Å²) in [6, 6.07) is 6.11. The number of aryl methyl sites for hydroxylation is 2. The molecule has 0 aliphatic carbocycles. The zero-order valence-corrected chi connectivity index (χ0v) is 11.7. The quantitative estimate of drug-likeness (QED) is 0.872. The van der Waals surface area contributed by atoms with Crippen LogP contribution in [0.2, 0.25) is 0 Å². The Labute approximate surface area is 113 Å². The first kappa shape index (κ1) is 13.7. The van der Waals surface area contributed by atoms with Crippen LogP contribution >= 0.6 is 0 Å². The predicted molar refractivity (Wildman–Crippen MR) is 73.5 cm³/mol. The molecule has 19 heavy (non-hydrogen) atoms. The lowest BCUT2D eigenvalue weighted by Gasteiger charge is -2.05. The summed E-state index contributed by atoms with van der Waals surface area (Å²) >= 11 is 0. The van der Waals surface area contributed by atoms with Crippen molar-refractivity contribution < 1.29 is 8.60 Å². The Kier molecular flexibility index (Phi) is 3.99. The summed E-state index contributed by atoms with van der Waals surface area (Å²) in [5, 5.41) is 4.28. The summed E-state index contributed by atoms with van der Waals surface area (Å²) in [5.74, 6) is -0.291. The van der Waals surface area contributed by atoms with Crippen molar-refractivity contribution >= 4 is 16.5 Å².